The molecule has 14 heavy (non-hydrogen) atoms. The number of nitrogens with two attached hydrogens (primary N) is 1. The third kappa shape index (κ3) is 3.26. The molecule has 0 amide bonds. The van der Waals surface area contributed by atoms with Crippen LogP contribution in [-0.2, 0) is 0 Å². The molecule has 1 aromatic rings. The Labute approximate surface area is 85.2 Å². The molecule has 3 heteroatoms. The van der Waals surface area contributed by atoms with Crippen LogP contribution in [0.5, 0.6) is 0 Å². The van der Waals surface area contributed by atoms with Crippen molar-refractivity contribution in [2.45, 2.75) is 19.4 Å². The minimum Gasteiger partial charge on any atom is -0.399 e. The molecule has 0 unspecified atom stereocenters. The Morgan fingerprint density at radius 2 is 1.79 bits per heavy atom. The second-order valence-corrected chi connectivity index (χ2v) is 4.26. The Balaban J connectivity index is 2.70. The SMILES string of the molecule is CN(CC(C)(C)O)c1ccc(N)cc1. The number of likely N-dealkylation sites (N-methyl/N-ethyl adjacent to an activating group) is 1. The molecule has 0 spiro atoms. The van der Waals surface area contributed by atoms with Gasteiger partial charge in [0.1, 0.15) is 0 Å². The van der Waals surface area contributed by atoms with E-state index in [4.69, 9.17) is 5.73 Å². The molecule has 0 aliphatic heterocycles. The number of hydrogen-bond donors (Lipinski definition) is 2. The Morgan fingerprint density at radius 3 is 2.21 bits per heavy atom. The number of aliphatic hydroxyl groups is 1. The summed E-state index contributed by atoms with van der Waals surface area (Å²) >= 11 is 0. The van der Waals surface area contributed by atoms with E-state index in [1.54, 1.807) is 13.8 Å². The Morgan fingerprint density at radius 1 is 1.29 bits per heavy atom. The Bertz CT molecular complexity index is 287. The lowest BCUT2D eigenvalue weighted by Crippen LogP contribution is -2.36. The second kappa shape index (κ2) is 3.88. The van der Waals surface area contributed by atoms with Crippen molar-refractivity contribution in [2.75, 3.05) is 24.2 Å². The van der Waals surface area contributed by atoms with Gasteiger partial charge in [-0.25, -0.2) is 0 Å². The number of rotatable bonds is 3. The zero-order valence-electron chi connectivity index (χ0n) is 8.99. The molecule has 0 atom stereocenters. The number of hydrogen-bond acceptors (Lipinski definition) is 3. The first-order valence-electron chi connectivity index (χ1n) is 4.67. The number of benzene rings is 1. The molecule has 0 aromatic heterocycles. The van der Waals surface area contributed by atoms with Crippen molar-refractivity contribution in [3.8, 4) is 0 Å². The highest BCUT2D eigenvalue weighted by Crippen LogP contribution is 2.16. The van der Waals surface area contributed by atoms with Gasteiger partial charge >= 0.3 is 0 Å². The van der Waals surface area contributed by atoms with E-state index in [0.717, 1.165) is 11.4 Å². The lowest BCUT2D eigenvalue weighted by atomic mass is 10.1. The van der Waals surface area contributed by atoms with Gasteiger partial charge in [-0.3, -0.25) is 0 Å². The van der Waals surface area contributed by atoms with Crippen LogP contribution < -0.4 is 10.6 Å². The molecule has 0 aliphatic carbocycles. The summed E-state index contributed by atoms with van der Waals surface area (Å²) in [6.07, 6.45) is 0. The highest BCUT2D eigenvalue weighted by Gasteiger charge is 2.15. The summed E-state index contributed by atoms with van der Waals surface area (Å²) in [5.41, 5.74) is 6.71. The average molecular weight is 194 g/mol. The van der Waals surface area contributed by atoms with Crippen LogP contribution in [0.25, 0.3) is 0 Å². The van der Waals surface area contributed by atoms with Crippen molar-refractivity contribution in [1.29, 1.82) is 0 Å². The Kier molecular flexibility index (Phi) is 3.01. The van der Waals surface area contributed by atoms with E-state index in [2.05, 4.69) is 0 Å². The maximum Gasteiger partial charge on any atom is 0.0765 e. The molecule has 0 aliphatic rings. The van der Waals surface area contributed by atoms with E-state index in [1.165, 1.54) is 0 Å². The fourth-order valence-corrected chi connectivity index (χ4v) is 1.40. The summed E-state index contributed by atoms with van der Waals surface area (Å²) in [6.45, 7) is 4.18. The number of anilines is 2. The van der Waals surface area contributed by atoms with E-state index in [-0.39, 0.29) is 0 Å². The Hall–Kier alpha value is -1.22. The first-order valence-corrected chi connectivity index (χ1v) is 4.67. The van der Waals surface area contributed by atoms with E-state index in [1.807, 2.05) is 36.2 Å². The summed E-state index contributed by atoms with van der Waals surface area (Å²) in [7, 11) is 1.95. The van der Waals surface area contributed by atoms with Crippen molar-refractivity contribution in [2.24, 2.45) is 0 Å². The molecule has 0 saturated heterocycles. The zero-order chi connectivity index (χ0) is 10.8. The zero-order valence-corrected chi connectivity index (χ0v) is 8.99. The van der Waals surface area contributed by atoms with Gasteiger partial charge in [-0.05, 0) is 38.1 Å². The van der Waals surface area contributed by atoms with E-state index in [9.17, 15) is 5.11 Å². The van der Waals surface area contributed by atoms with Gasteiger partial charge in [-0.15, -0.1) is 0 Å². The van der Waals surface area contributed by atoms with Crippen molar-refractivity contribution in [3.63, 3.8) is 0 Å². The van der Waals surface area contributed by atoms with Crippen LogP contribution in [0.15, 0.2) is 24.3 Å². The van der Waals surface area contributed by atoms with Crippen molar-refractivity contribution >= 4 is 11.4 Å². The third-order valence-electron chi connectivity index (χ3n) is 1.96. The summed E-state index contributed by atoms with van der Waals surface area (Å²) < 4.78 is 0. The van der Waals surface area contributed by atoms with Crippen molar-refractivity contribution in [1.82, 2.24) is 0 Å². The summed E-state index contributed by atoms with van der Waals surface area (Å²) in [5.74, 6) is 0. The molecule has 0 bridgehead atoms. The van der Waals surface area contributed by atoms with Gasteiger partial charge in [0.2, 0.25) is 0 Å². The van der Waals surface area contributed by atoms with Crippen molar-refractivity contribution < 1.29 is 5.11 Å². The lowest BCUT2D eigenvalue weighted by molar-refractivity contribution is 0.0886. The maximum absolute atomic E-state index is 9.64. The predicted octanol–water partition coefficient (Wildman–Crippen LogP) is 1.48. The smallest absolute Gasteiger partial charge is 0.0765 e. The van der Waals surface area contributed by atoms with Crippen LogP contribution in [0, 0.1) is 0 Å². The molecule has 0 radical (unpaired) electrons. The van der Waals surface area contributed by atoms with Gasteiger partial charge in [0, 0.05) is 25.0 Å². The van der Waals surface area contributed by atoms with Crippen LogP contribution in [0.3, 0.4) is 0 Å². The molecule has 1 aromatic carbocycles. The minimum absolute atomic E-state index is 0.594. The predicted molar refractivity (Wildman–Crippen MR) is 60.4 cm³/mol. The normalized spacial score (nSPS) is 11.4. The fraction of sp³-hybridized carbons (Fsp3) is 0.455. The van der Waals surface area contributed by atoms with Crippen LogP contribution >= 0.6 is 0 Å². The van der Waals surface area contributed by atoms with Gasteiger partial charge in [0.25, 0.3) is 0 Å². The molecule has 3 nitrogen and oxygen atoms in total. The van der Waals surface area contributed by atoms with Crippen molar-refractivity contribution in [3.05, 3.63) is 24.3 Å². The maximum atomic E-state index is 9.64. The molecule has 3 N–H and O–H groups in total. The van der Waals surface area contributed by atoms with Gasteiger partial charge in [-0.2, -0.15) is 0 Å². The lowest BCUT2D eigenvalue weighted by Gasteiger charge is -2.27. The molecule has 0 fully saturated rings. The monoisotopic (exact) mass is 194 g/mol. The summed E-state index contributed by atoms with van der Waals surface area (Å²) in [5, 5.41) is 9.64. The molecule has 1 rings (SSSR count). The van der Waals surface area contributed by atoms with Crippen LogP contribution in [0.1, 0.15) is 13.8 Å². The molecular formula is C11H18N2O. The average Bonchev–Trinajstić information content (AvgIpc) is 2.02. The van der Waals surface area contributed by atoms with Crippen LogP contribution in [-0.4, -0.2) is 24.3 Å². The largest absolute Gasteiger partial charge is 0.399 e. The van der Waals surface area contributed by atoms with Crippen LogP contribution in [0.4, 0.5) is 11.4 Å². The summed E-state index contributed by atoms with van der Waals surface area (Å²) in [6, 6.07) is 7.61. The highest BCUT2D eigenvalue weighted by atomic mass is 16.3. The molecule has 78 valence electrons. The van der Waals surface area contributed by atoms with Gasteiger partial charge in [-0.1, -0.05) is 0 Å². The quantitative estimate of drug-likeness (QED) is 0.716. The van der Waals surface area contributed by atoms with Gasteiger partial charge in [0.05, 0.1) is 5.60 Å². The number of nitrogens with zero attached hydrogens (tertiary/aromatic N) is 1. The summed E-state index contributed by atoms with van der Waals surface area (Å²) in [4.78, 5) is 2.00. The highest BCUT2D eigenvalue weighted by molar-refractivity contribution is 5.52. The van der Waals surface area contributed by atoms with Crippen LogP contribution in [0.2, 0.25) is 0 Å². The first kappa shape index (κ1) is 10.9. The topological polar surface area (TPSA) is 49.5 Å². The second-order valence-electron chi connectivity index (χ2n) is 4.26. The molecule has 0 saturated carbocycles. The number of nitrogen functional groups attached to an aromatic ring is 1. The van der Waals surface area contributed by atoms with E-state index in [0.29, 0.717) is 6.54 Å². The van der Waals surface area contributed by atoms with E-state index < -0.39 is 5.60 Å². The van der Waals surface area contributed by atoms with E-state index >= 15 is 0 Å². The van der Waals surface area contributed by atoms with Gasteiger partial charge < -0.3 is 15.7 Å². The first-order chi connectivity index (χ1) is 6.38. The minimum atomic E-state index is -0.684. The molecular weight excluding hydrogens is 176 g/mol. The third-order valence-corrected chi connectivity index (χ3v) is 1.96. The standard InChI is InChI=1S/C11H18N2O/c1-11(2,14)8-13(3)10-6-4-9(12)5-7-10/h4-7,14H,8,12H2,1-3H3. The molecule has 0 heterocycles. The van der Waals surface area contributed by atoms with Gasteiger partial charge in [0.15, 0.2) is 0 Å². The fourth-order valence-electron chi connectivity index (χ4n) is 1.40.